The number of ether oxygens (including phenoxy) is 2. The Morgan fingerprint density at radius 3 is 2.72 bits per heavy atom. The van der Waals surface area contributed by atoms with Crippen molar-refractivity contribution in [2.24, 2.45) is 0 Å². The van der Waals surface area contributed by atoms with Gasteiger partial charge in [-0.25, -0.2) is 9.18 Å². The number of halogens is 1. The first-order chi connectivity index (χ1) is 11.8. The van der Waals surface area contributed by atoms with Gasteiger partial charge in [-0.05, 0) is 70.7 Å². The van der Waals surface area contributed by atoms with Gasteiger partial charge in [0.15, 0.2) is 0 Å². The first kappa shape index (κ1) is 17.8. The molecule has 1 aromatic rings. The molecule has 2 atom stereocenters. The van der Waals surface area contributed by atoms with Crippen molar-refractivity contribution in [1.82, 2.24) is 4.90 Å². The Labute approximate surface area is 148 Å². The summed E-state index contributed by atoms with van der Waals surface area (Å²) in [4.78, 5) is 14.4. The van der Waals surface area contributed by atoms with Crippen LogP contribution in [0.15, 0.2) is 24.3 Å². The SMILES string of the molecule is CCOc1ccc(F)cc1C1=CC2CCC(C1)N2C(=O)OC(C)(C)C. The molecule has 1 saturated heterocycles. The van der Waals surface area contributed by atoms with E-state index in [4.69, 9.17) is 9.47 Å². The van der Waals surface area contributed by atoms with Crippen molar-refractivity contribution in [3.8, 4) is 5.75 Å². The van der Waals surface area contributed by atoms with E-state index in [1.54, 1.807) is 6.07 Å². The summed E-state index contributed by atoms with van der Waals surface area (Å²) in [5.74, 6) is 0.418. The lowest BCUT2D eigenvalue weighted by molar-refractivity contribution is 0.0175. The second kappa shape index (κ2) is 6.70. The van der Waals surface area contributed by atoms with E-state index >= 15 is 0 Å². The van der Waals surface area contributed by atoms with Crippen LogP contribution in [0, 0.1) is 5.82 Å². The predicted molar refractivity (Wildman–Crippen MR) is 95.0 cm³/mol. The van der Waals surface area contributed by atoms with E-state index in [1.165, 1.54) is 12.1 Å². The fourth-order valence-corrected chi connectivity index (χ4v) is 3.66. The van der Waals surface area contributed by atoms with E-state index in [2.05, 4.69) is 6.08 Å². The molecule has 0 N–H and O–H groups in total. The number of rotatable bonds is 3. The molecule has 0 saturated carbocycles. The fraction of sp³-hybridized carbons (Fsp3) is 0.550. The molecule has 0 spiro atoms. The Bertz CT molecular complexity index is 693. The Kier molecular flexibility index (Phi) is 4.76. The van der Waals surface area contributed by atoms with Crippen LogP contribution in [-0.2, 0) is 4.74 Å². The van der Waals surface area contributed by atoms with E-state index in [0.717, 1.165) is 24.0 Å². The third-order valence-electron chi connectivity index (χ3n) is 4.59. The van der Waals surface area contributed by atoms with Gasteiger partial charge in [-0.1, -0.05) is 6.08 Å². The topological polar surface area (TPSA) is 38.8 Å². The minimum Gasteiger partial charge on any atom is -0.493 e. The molecule has 1 fully saturated rings. The van der Waals surface area contributed by atoms with Crippen LogP contribution in [0.1, 0.15) is 52.5 Å². The smallest absolute Gasteiger partial charge is 0.411 e. The van der Waals surface area contributed by atoms with Gasteiger partial charge in [0.1, 0.15) is 17.2 Å². The van der Waals surface area contributed by atoms with Crippen LogP contribution < -0.4 is 4.74 Å². The summed E-state index contributed by atoms with van der Waals surface area (Å²) < 4.78 is 25.0. The Hall–Kier alpha value is -2.04. The highest BCUT2D eigenvalue weighted by Crippen LogP contribution is 2.41. The standard InChI is InChI=1S/C20H26FNO3/c1-5-24-18-9-6-14(21)12-17(18)13-10-15-7-8-16(11-13)22(15)19(23)25-20(2,3)4/h6,9-10,12,15-16H,5,7-8,11H2,1-4H3. The number of hydrogen-bond donors (Lipinski definition) is 0. The molecule has 2 aliphatic heterocycles. The van der Waals surface area contributed by atoms with Crippen LogP contribution in [0.2, 0.25) is 0 Å². The van der Waals surface area contributed by atoms with Crippen LogP contribution in [0.25, 0.3) is 5.57 Å². The van der Waals surface area contributed by atoms with Gasteiger partial charge in [0, 0.05) is 11.6 Å². The van der Waals surface area contributed by atoms with Crippen LogP contribution >= 0.6 is 0 Å². The zero-order chi connectivity index (χ0) is 18.2. The van der Waals surface area contributed by atoms with Crippen molar-refractivity contribution < 1.29 is 18.7 Å². The molecule has 3 rings (SSSR count). The first-order valence-electron chi connectivity index (χ1n) is 8.93. The maximum Gasteiger partial charge on any atom is 0.411 e. The summed E-state index contributed by atoms with van der Waals surface area (Å²) in [7, 11) is 0. The Morgan fingerprint density at radius 1 is 1.32 bits per heavy atom. The van der Waals surface area contributed by atoms with Crippen LogP contribution in [-0.4, -0.2) is 35.3 Å². The third-order valence-corrected chi connectivity index (χ3v) is 4.59. The molecule has 2 bridgehead atoms. The first-order valence-corrected chi connectivity index (χ1v) is 8.93. The molecule has 0 radical (unpaired) electrons. The highest BCUT2D eigenvalue weighted by molar-refractivity contribution is 5.77. The van der Waals surface area contributed by atoms with Gasteiger partial charge in [0.25, 0.3) is 0 Å². The summed E-state index contributed by atoms with van der Waals surface area (Å²) in [6.45, 7) is 8.07. The summed E-state index contributed by atoms with van der Waals surface area (Å²) >= 11 is 0. The number of carbonyl (C=O) groups excluding carboxylic acids is 1. The molecule has 25 heavy (non-hydrogen) atoms. The lowest BCUT2D eigenvalue weighted by Crippen LogP contribution is -2.45. The van der Waals surface area contributed by atoms with Crippen molar-refractivity contribution >= 4 is 11.7 Å². The van der Waals surface area contributed by atoms with Gasteiger partial charge < -0.3 is 9.47 Å². The fourth-order valence-electron chi connectivity index (χ4n) is 3.66. The average Bonchev–Trinajstić information content (AvgIpc) is 2.78. The molecule has 136 valence electrons. The van der Waals surface area contributed by atoms with Gasteiger partial charge in [0.2, 0.25) is 0 Å². The second-order valence-corrected chi connectivity index (χ2v) is 7.66. The zero-order valence-corrected chi connectivity index (χ0v) is 15.3. The van der Waals surface area contributed by atoms with Crippen LogP contribution in [0.3, 0.4) is 0 Å². The zero-order valence-electron chi connectivity index (χ0n) is 15.3. The number of amides is 1. The van der Waals surface area contributed by atoms with Crippen molar-refractivity contribution in [3.63, 3.8) is 0 Å². The van der Waals surface area contributed by atoms with E-state index < -0.39 is 5.60 Å². The molecular weight excluding hydrogens is 321 g/mol. The number of benzene rings is 1. The average molecular weight is 347 g/mol. The maximum absolute atomic E-state index is 13.8. The number of carbonyl (C=O) groups is 1. The Morgan fingerprint density at radius 2 is 2.08 bits per heavy atom. The predicted octanol–water partition coefficient (Wildman–Crippen LogP) is 4.78. The largest absolute Gasteiger partial charge is 0.493 e. The molecule has 1 aromatic carbocycles. The highest BCUT2D eigenvalue weighted by atomic mass is 19.1. The summed E-state index contributed by atoms with van der Waals surface area (Å²) in [5, 5.41) is 0. The van der Waals surface area contributed by atoms with E-state index in [-0.39, 0.29) is 24.0 Å². The maximum atomic E-state index is 13.8. The molecule has 5 heteroatoms. The molecule has 2 unspecified atom stereocenters. The quantitative estimate of drug-likeness (QED) is 0.790. The molecule has 0 aromatic heterocycles. The minimum absolute atomic E-state index is 0.00124. The molecular formula is C20H26FNO3. The van der Waals surface area contributed by atoms with Gasteiger partial charge in [-0.2, -0.15) is 0 Å². The summed E-state index contributed by atoms with van der Waals surface area (Å²) in [6.07, 6.45) is 4.35. The van der Waals surface area contributed by atoms with Crippen molar-refractivity contribution in [1.29, 1.82) is 0 Å². The number of nitrogens with zero attached hydrogens (tertiary/aromatic N) is 1. The molecule has 0 aliphatic carbocycles. The van der Waals surface area contributed by atoms with Gasteiger partial charge in [-0.3, -0.25) is 4.90 Å². The normalized spacial score (nSPS) is 22.6. The summed E-state index contributed by atoms with van der Waals surface area (Å²) in [6, 6.07) is 4.72. The number of hydrogen-bond acceptors (Lipinski definition) is 3. The van der Waals surface area contributed by atoms with E-state index in [1.807, 2.05) is 32.6 Å². The van der Waals surface area contributed by atoms with Gasteiger partial charge >= 0.3 is 6.09 Å². The molecule has 4 nitrogen and oxygen atoms in total. The lowest BCUT2D eigenvalue weighted by atomic mass is 9.94. The van der Waals surface area contributed by atoms with Crippen LogP contribution in [0.4, 0.5) is 9.18 Å². The summed E-state index contributed by atoms with van der Waals surface area (Å²) in [5.41, 5.74) is 1.34. The lowest BCUT2D eigenvalue weighted by Gasteiger charge is -2.35. The molecule has 2 heterocycles. The minimum atomic E-state index is -0.509. The third kappa shape index (κ3) is 3.80. The van der Waals surface area contributed by atoms with Crippen molar-refractivity contribution in [2.75, 3.05) is 6.61 Å². The Balaban J connectivity index is 1.87. The van der Waals surface area contributed by atoms with Crippen molar-refractivity contribution in [2.45, 2.75) is 64.6 Å². The monoisotopic (exact) mass is 347 g/mol. The highest BCUT2D eigenvalue weighted by Gasteiger charge is 2.42. The van der Waals surface area contributed by atoms with Crippen molar-refractivity contribution in [3.05, 3.63) is 35.7 Å². The van der Waals surface area contributed by atoms with E-state index in [0.29, 0.717) is 18.8 Å². The second-order valence-electron chi connectivity index (χ2n) is 7.66. The van der Waals surface area contributed by atoms with Crippen LogP contribution in [0.5, 0.6) is 5.75 Å². The van der Waals surface area contributed by atoms with E-state index in [9.17, 15) is 9.18 Å². The number of fused-ring (bicyclic) bond motifs is 2. The van der Waals surface area contributed by atoms with Gasteiger partial charge in [-0.15, -0.1) is 0 Å². The van der Waals surface area contributed by atoms with Gasteiger partial charge in [0.05, 0.1) is 12.6 Å². The molecule has 1 amide bonds. The molecule has 2 aliphatic rings.